The fourth-order valence-corrected chi connectivity index (χ4v) is 1.36. The van der Waals surface area contributed by atoms with Crippen molar-refractivity contribution < 1.29 is 19.1 Å². The molecule has 5 nitrogen and oxygen atoms in total. The molecule has 0 atom stereocenters. The predicted octanol–water partition coefficient (Wildman–Crippen LogP) is 0.414. The third-order valence-corrected chi connectivity index (χ3v) is 2.16. The van der Waals surface area contributed by atoms with Crippen LogP contribution in [0.3, 0.4) is 0 Å². The van der Waals surface area contributed by atoms with Gasteiger partial charge >= 0.3 is 0 Å². The van der Waals surface area contributed by atoms with Gasteiger partial charge in [-0.05, 0) is 6.07 Å². The molecule has 0 radical (unpaired) electrons. The number of benzene rings is 1. The van der Waals surface area contributed by atoms with Crippen LogP contribution < -0.4 is 5.32 Å². The summed E-state index contributed by atoms with van der Waals surface area (Å²) < 4.78 is 13.4. The number of hydrogen-bond donors (Lipinski definition) is 2. The van der Waals surface area contributed by atoms with E-state index in [9.17, 15) is 9.18 Å². The van der Waals surface area contributed by atoms with E-state index in [4.69, 9.17) is 5.11 Å². The number of nitrogens with zero attached hydrogens (tertiary/aromatic N) is 1. The average molecular weight is 240 g/mol. The van der Waals surface area contributed by atoms with E-state index in [2.05, 4.69) is 15.3 Å². The molecule has 0 saturated heterocycles. The summed E-state index contributed by atoms with van der Waals surface area (Å²) in [5.41, 5.74) is 0.124. The molecular formula is C11H13FN2O3. The van der Waals surface area contributed by atoms with E-state index in [1.165, 1.54) is 32.4 Å². The third kappa shape index (κ3) is 2.79. The van der Waals surface area contributed by atoms with Crippen LogP contribution in [0.4, 0.5) is 4.39 Å². The fraction of sp³-hybridized carbons (Fsp3) is 0.273. The van der Waals surface area contributed by atoms with Gasteiger partial charge in [0.05, 0.1) is 6.61 Å². The lowest BCUT2D eigenvalue weighted by atomic mass is 10.0. The summed E-state index contributed by atoms with van der Waals surface area (Å²) in [6.45, 7) is -0.526. The standard InChI is InChI=1S/C11H13FN2O3/c1-13-11(16)10(14-17-2)7-4-3-5-9(12)8(7)6-15/h3-5,15H,6H2,1-2H3,(H,13,16)/b14-10+. The molecule has 0 aliphatic rings. The number of rotatable bonds is 4. The predicted molar refractivity (Wildman–Crippen MR) is 59.9 cm³/mol. The molecule has 0 aliphatic heterocycles. The second-order valence-electron chi connectivity index (χ2n) is 3.13. The number of amides is 1. The molecule has 1 aromatic carbocycles. The maximum atomic E-state index is 13.4. The monoisotopic (exact) mass is 240 g/mol. The number of carbonyl (C=O) groups is 1. The van der Waals surface area contributed by atoms with Crippen molar-refractivity contribution in [2.45, 2.75) is 6.61 Å². The number of carbonyl (C=O) groups excluding carboxylic acids is 1. The summed E-state index contributed by atoms with van der Waals surface area (Å²) in [6.07, 6.45) is 0. The minimum atomic E-state index is -0.599. The second kappa shape index (κ2) is 5.95. The van der Waals surface area contributed by atoms with Gasteiger partial charge in [0.2, 0.25) is 0 Å². The molecule has 2 N–H and O–H groups in total. The number of aliphatic hydroxyl groups excluding tert-OH is 1. The summed E-state index contributed by atoms with van der Waals surface area (Å²) in [4.78, 5) is 16.1. The first kappa shape index (κ1) is 13.1. The van der Waals surface area contributed by atoms with Gasteiger partial charge in [0.1, 0.15) is 12.9 Å². The van der Waals surface area contributed by atoms with E-state index in [0.29, 0.717) is 0 Å². The Hall–Kier alpha value is -1.95. The van der Waals surface area contributed by atoms with Crippen molar-refractivity contribution in [1.29, 1.82) is 0 Å². The van der Waals surface area contributed by atoms with Crippen LogP contribution in [0.2, 0.25) is 0 Å². The van der Waals surface area contributed by atoms with Crippen LogP contribution in [0.1, 0.15) is 11.1 Å². The number of oxime groups is 1. The summed E-state index contributed by atoms with van der Waals surface area (Å²) >= 11 is 0. The Kier molecular flexibility index (Phi) is 4.59. The molecule has 0 bridgehead atoms. The molecule has 92 valence electrons. The van der Waals surface area contributed by atoms with Crippen LogP contribution in [0.15, 0.2) is 23.4 Å². The number of aliphatic hydroxyl groups is 1. The van der Waals surface area contributed by atoms with Crippen LogP contribution >= 0.6 is 0 Å². The zero-order chi connectivity index (χ0) is 12.8. The molecule has 0 heterocycles. The Bertz CT molecular complexity index is 446. The molecule has 1 amide bonds. The van der Waals surface area contributed by atoms with Gasteiger partial charge in [0.15, 0.2) is 5.71 Å². The molecule has 0 aromatic heterocycles. The van der Waals surface area contributed by atoms with Crippen LogP contribution in [0, 0.1) is 5.82 Å². The third-order valence-electron chi connectivity index (χ3n) is 2.16. The normalized spacial score (nSPS) is 11.2. The van der Waals surface area contributed by atoms with Crippen molar-refractivity contribution in [1.82, 2.24) is 5.32 Å². The van der Waals surface area contributed by atoms with Crippen molar-refractivity contribution in [3.05, 3.63) is 35.1 Å². The van der Waals surface area contributed by atoms with Crippen LogP contribution in [-0.4, -0.2) is 30.9 Å². The van der Waals surface area contributed by atoms with Crippen molar-refractivity contribution in [3.63, 3.8) is 0 Å². The lowest BCUT2D eigenvalue weighted by molar-refractivity contribution is -0.114. The Morgan fingerprint density at radius 1 is 1.59 bits per heavy atom. The first-order chi connectivity index (χ1) is 8.15. The van der Waals surface area contributed by atoms with Crippen molar-refractivity contribution >= 4 is 11.6 Å². The fourth-order valence-electron chi connectivity index (χ4n) is 1.36. The van der Waals surface area contributed by atoms with E-state index in [0.717, 1.165) is 0 Å². The lowest BCUT2D eigenvalue weighted by Gasteiger charge is -2.09. The maximum Gasteiger partial charge on any atom is 0.273 e. The highest BCUT2D eigenvalue weighted by Crippen LogP contribution is 2.15. The van der Waals surface area contributed by atoms with Gasteiger partial charge in [0, 0.05) is 18.2 Å². The molecule has 0 fully saturated rings. The second-order valence-corrected chi connectivity index (χ2v) is 3.13. The van der Waals surface area contributed by atoms with E-state index in [1.807, 2.05) is 0 Å². The van der Waals surface area contributed by atoms with E-state index >= 15 is 0 Å². The highest BCUT2D eigenvalue weighted by atomic mass is 19.1. The van der Waals surface area contributed by atoms with E-state index in [-0.39, 0.29) is 16.8 Å². The number of halogens is 1. The summed E-state index contributed by atoms with van der Waals surface area (Å²) in [6, 6.07) is 4.11. The van der Waals surface area contributed by atoms with Gasteiger partial charge < -0.3 is 15.3 Å². The first-order valence-electron chi connectivity index (χ1n) is 4.87. The Morgan fingerprint density at radius 2 is 2.29 bits per heavy atom. The van der Waals surface area contributed by atoms with Gasteiger partial charge in [-0.1, -0.05) is 17.3 Å². The molecule has 0 aliphatic carbocycles. The molecule has 17 heavy (non-hydrogen) atoms. The zero-order valence-electron chi connectivity index (χ0n) is 9.53. The molecule has 0 spiro atoms. The molecule has 6 heteroatoms. The van der Waals surface area contributed by atoms with Crippen molar-refractivity contribution in [2.24, 2.45) is 5.16 Å². The highest BCUT2D eigenvalue weighted by Gasteiger charge is 2.19. The topological polar surface area (TPSA) is 70.9 Å². The van der Waals surface area contributed by atoms with E-state index < -0.39 is 18.3 Å². The molecule has 1 rings (SSSR count). The highest BCUT2D eigenvalue weighted by molar-refractivity contribution is 6.45. The van der Waals surface area contributed by atoms with Gasteiger partial charge in [-0.3, -0.25) is 4.79 Å². The zero-order valence-corrected chi connectivity index (χ0v) is 9.53. The van der Waals surface area contributed by atoms with Crippen LogP contribution in [0.25, 0.3) is 0 Å². The molecule has 0 unspecified atom stereocenters. The van der Waals surface area contributed by atoms with Gasteiger partial charge in [-0.25, -0.2) is 4.39 Å². The SMILES string of the molecule is CNC(=O)/C(=N/OC)c1cccc(F)c1CO. The summed E-state index contributed by atoms with van der Waals surface area (Å²) in [7, 11) is 2.70. The minimum absolute atomic E-state index is 0.00639. The van der Waals surface area contributed by atoms with Gasteiger partial charge in [-0.2, -0.15) is 0 Å². The Morgan fingerprint density at radius 3 is 2.82 bits per heavy atom. The maximum absolute atomic E-state index is 13.4. The van der Waals surface area contributed by atoms with Gasteiger partial charge in [0.25, 0.3) is 5.91 Å². The molecular weight excluding hydrogens is 227 g/mol. The quantitative estimate of drug-likeness (QED) is 0.591. The smallest absolute Gasteiger partial charge is 0.273 e. The largest absolute Gasteiger partial charge is 0.398 e. The lowest BCUT2D eigenvalue weighted by Crippen LogP contribution is -2.29. The average Bonchev–Trinajstić information content (AvgIpc) is 2.34. The number of nitrogens with one attached hydrogen (secondary N) is 1. The molecule has 0 saturated carbocycles. The summed E-state index contributed by atoms with van der Waals surface area (Å²) in [5, 5.41) is 15.0. The summed E-state index contributed by atoms with van der Waals surface area (Å²) in [5.74, 6) is -1.12. The van der Waals surface area contributed by atoms with Crippen LogP contribution in [-0.2, 0) is 16.2 Å². The molecule has 1 aromatic rings. The van der Waals surface area contributed by atoms with E-state index in [1.54, 1.807) is 0 Å². The van der Waals surface area contributed by atoms with Gasteiger partial charge in [-0.15, -0.1) is 0 Å². The van der Waals surface area contributed by atoms with Crippen LogP contribution in [0.5, 0.6) is 0 Å². The minimum Gasteiger partial charge on any atom is -0.398 e. The van der Waals surface area contributed by atoms with Crippen molar-refractivity contribution in [2.75, 3.05) is 14.2 Å². The number of hydrogen-bond acceptors (Lipinski definition) is 4. The Labute approximate surface area is 97.9 Å². The Balaban J connectivity index is 3.33. The van der Waals surface area contributed by atoms with Crippen molar-refractivity contribution in [3.8, 4) is 0 Å². The first-order valence-corrected chi connectivity index (χ1v) is 4.87. The number of likely N-dealkylation sites (N-methyl/N-ethyl adjacent to an activating group) is 1.